The van der Waals surface area contributed by atoms with Crippen molar-refractivity contribution in [3.63, 3.8) is 0 Å². The van der Waals surface area contributed by atoms with Crippen LogP contribution in [0.2, 0.25) is 0 Å². The fraction of sp³-hybridized carbons (Fsp3) is 0.231. The maximum atomic E-state index is 13.4. The van der Waals surface area contributed by atoms with Crippen LogP contribution in [0.5, 0.6) is 0 Å². The van der Waals surface area contributed by atoms with Gasteiger partial charge in [-0.1, -0.05) is 6.07 Å². The topological polar surface area (TPSA) is 46.0 Å². The van der Waals surface area contributed by atoms with E-state index in [1.807, 2.05) is 0 Å². The van der Waals surface area contributed by atoms with E-state index in [1.54, 1.807) is 6.92 Å². The predicted molar refractivity (Wildman–Crippen MR) is 62.2 cm³/mol. The van der Waals surface area contributed by atoms with E-state index in [1.165, 1.54) is 12.4 Å². The third kappa shape index (κ3) is 2.93. The van der Waals surface area contributed by atoms with Gasteiger partial charge in [0.1, 0.15) is 11.9 Å². The molecule has 2 rings (SSSR count). The summed E-state index contributed by atoms with van der Waals surface area (Å²) in [6.07, 6.45) is -3.25. The summed E-state index contributed by atoms with van der Waals surface area (Å²) in [4.78, 5) is 7.70. The molecule has 0 fully saturated rings. The fourth-order valence-electron chi connectivity index (χ4n) is 1.62. The largest absolute Gasteiger partial charge is 0.419 e. The summed E-state index contributed by atoms with van der Waals surface area (Å²) in [5.41, 5.74) is -0.655. The van der Waals surface area contributed by atoms with Gasteiger partial charge in [0.25, 0.3) is 0 Å². The van der Waals surface area contributed by atoms with Gasteiger partial charge in [0.05, 0.1) is 5.56 Å². The van der Waals surface area contributed by atoms with Crippen molar-refractivity contribution in [3.8, 4) is 0 Å². The number of halogens is 4. The fourth-order valence-corrected chi connectivity index (χ4v) is 1.62. The molecule has 1 atom stereocenters. The molecule has 0 amide bonds. The van der Waals surface area contributed by atoms with Gasteiger partial charge in [-0.3, -0.25) is 0 Å². The van der Waals surface area contributed by atoms with E-state index in [9.17, 15) is 22.7 Å². The van der Waals surface area contributed by atoms with Crippen molar-refractivity contribution >= 4 is 0 Å². The van der Waals surface area contributed by atoms with Crippen molar-refractivity contribution in [2.24, 2.45) is 0 Å². The molecular weight excluding hydrogens is 276 g/mol. The summed E-state index contributed by atoms with van der Waals surface area (Å²) >= 11 is 0. The number of aromatic nitrogens is 2. The van der Waals surface area contributed by atoms with Crippen LogP contribution in [0.4, 0.5) is 17.6 Å². The van der Waals surface area contributed by atoms with Gasteiger partial charge in [0, 0.05) is 12.4 Å². The SMILES string of the molecule is Cc1cnc(C(O)c2ccc(C(F)(F)F)c(F)c2)nc1. The Bertz CT molecular complexity index is 611. The highest BCUT2D eigenvalue weighted by Crippen LogP contribution is 2.32. The van der Waals surface area contributed by atoms with Gasteiger partial charge < -0.3 is 5.11 Å². The lowest BCUT2D eigenvalue weighted by Crippen LogP contribution is -2.10. The number of nitrogens with zero attached hydrogens (tertiary/aromatic N) is 2. The zero-order chi connectivity index (χ0) is 14.9. The Balaban J connectivity index is 2.34. The lowest BCUT2D eigenvalue weighted by atomic mass is 10.1. The highest BCUT2D eigenvalue weighted by molar-refractivity contribution is 5.30. The highest BCUT2D eigenvalue weighted by Gasteiger charge is 2.34. The number of rotatable bonds is 2. The second-order valence-corrected chi connectivity index (χ2v) is 4.26. The van der Waals surface area contributed by atoms with Crippen LogP contribution in [0.25, 0.3) is 0 Å². The van der Waals surface area contributed by atoms with Crippen LogP contribution < -0.4 is 0 Å². The first-order chi connectivity index (χ1) is 9.29. The molecule has 7 heteroatoms. The normalized spacial score (nSPS) is 13.3. The monoisotopic (exact) mass is 286 g/mol. The Morgan fingerprint density at radius 3 is 2.25 bits per heavy atom. The van der Waals surface area contributed by atoms with E-state index in [0.717, 1.165) is 11.6 Å². The average molecular weight is 286 g/mol. The molecule has 0 aliphatic carbocycles. The standard InChI is InChI=1S/C13H10F4N2O/c1-7-5-18-12(19-6-7)11(20)8-2-3-9(10(14)4-8)13(15,16)17/h2-6,11,20H,1H3. The number of aryl methyl sites for hydroxylation is 1. The molecule has 1 N–H and O–H groups in total. The van der Waals surface area contributed by atoms with Crippen LogP contribution in [0, 0.1) is 12.7 Å². The second-order valence-electron chi connectivity index (χ2n) is 4.26. The van der Waals surface area contributed by atoms with Crippen LogP contribution in [0.1, 0.15) is 28.6 Å². The first-order valence-corrected chi connectivity index (χ1v) is 5.62. The van der Waals surface area contributed by atoms with Crippen molar-refractivity contribution in [1.82, 2.24) is 9.97 Å². The number of benzene rings is 1. The minimum atomic E-state index is -4.77. The van der Waals surface area contributed by atoms with Gasteiger partial charge in [-0.25, -0.2) is 14.4 Å². The Hall–Kier alpha value is -2.02. The average Bonchev–Trinajstić information content (AvgIpc) is 2.37. The summed E-state index contributed by atoms with van der Waals surface area (Å²) in [5.74, 6) is -1.45. The molecule has 1 unspecified atom stereocenters. The zero-order valence-corrected chi connectivity index (χ0v) is 10.3. The minimum Gasteiger partial charge on any atom is -0.380 e. The summed E-state index contributed by atoms with van der Waals surface area (Å²) in [7, 11) is 0. The van der Waals surface area contributed by atoms with Crippen LogP contribution >= 0.6 is 0 Å². The van der Waals surface area contributed by atoms with Crippen LogP contribution in [0.15, 0.2) is 30.6 Å². The van der Waals surface area contributed by atoms with Crippen molar-refractivity contribution in [2.75, 3.05) is 0 Å². The molecule has 1 heterocycles. The first kappa shape index (κ1) is 14.4. The Morgan fingerprint density at radius 2 is 1.75 bits per heavy atom. The van der Waals surface area contributed by atoms with Crippen LogP contribution in [-0.2, 0) is 6.18 Å². The van der Waals surface area contributed by atoms with Gasteiger partial charge >= 0.3 is 6.18 Å². The minimum absolute atomic E-state index is 0.00485. The third-order valence-corrected chi connectivity index (χ3v) is 2.66. The molecule has 0 aliphatic heterocycles. The lowest BCUT2D eigenvalue weighted by Gasteiger charge is -2.12. The van der Waals surface area contributed by atoms with Crippen LogP contribution in [0.3, 0.4) is 0 Å². The molecule has 2 aromatic rings. The zero-order valence-electron chi connectivity index (χ0n) is 10.3. The molecule has 0 saturated heterocycles. The molecule has 0 spiro atoms. The molecule has 0 aliphatic rings. The van der Waals surface area contributed by atoms with Gasteiger partial charge in [-0.15, -0.1) is 0 Å². The van der Waals surface area contributed by atoms with Gasteiger partial charge in [0.15, 0.2) is 5.82 Å². The van der Waals surface area contributed by atoms with Gasteiger partial charge in [-0.05, 0) is 30.2 Å². The maximum absolute atomic E-state index is 13.4. The number of aliphatic hydroxyl groups is 1. The lowest BCUT2D eigenvalue weighted by molar-refractivity contribution is -0.140. The van der Waals surface area contributed by atoms with E-state index in [-0.39, 0.29) is 11.4 Å². The maximum Gasteiger partial charge on any atom is 0.419 e. The number of aliphatic hydroxyl groups excluding tert-OH is 1. The number of hydrogen-bond donors (Lipinski definition) is 1. The summed E-state index contributed by atoms with van der Waals surface area (Å²) < 4.78 is 50.7. The third-order valence-electron chi connectivity index (χ3n) is 2.66. The molecule has 1 aromatic heterocycles. The molecule has 0 radical (unpaired) electrons. The van der Waals surface area contributed by atoms with E-state index in [4.69, 9.17) is 0 Å². The predicted octanol–water partition coefficient (Wildman–Crippen LogP) is 3.02. The van der Waals surface area contributed by atoms with Gasteiger partial charge in [0.2, 0.25) is 0 Å². The summed E-state index contributed by atoms with van der Waals surface area (Å²) in [6.45, 7) is 1.74. The Kier molecular flexibility index (Phi) is 3.71. The molecule has 20 heavy (non-hydrogen) atoms. The second kappa shape index (κ2) is 5.16. The van der Waals surface area contributed by atoms with Crippen molar-refractivity contribution in [1.29, 1.82) is 0 Å². The molecule has 1 aromatic carbocycles. The smallest absolute Gasteiger partial charge is 0.380 e. The van der Waals surface area contributed by atoms with Crippen LogP contribution in [-0.4, -0.2) is 15.1 Å². The van der Waals surface area contributed by atoms with E-state index >= 15 is 0 Å². The molecular formula is C13H10F4N2O. The van der Waals surface area contributed by atoms with E-state index in [2.05, 4.69) is 9.97 Å². The molecule has 0 saturated carbocycles. The van der Waals surface area contributed by atoms with E-state index in [0.29, 0.717) is 12.1 Å². The quantitative estimate of drug-likeness (QED) is 0.863. The molecule has 0 bridgehead atoms. The van der Waals surface area contributed by atoms with Crippen molar-refractivity contribution in [3.05, 3.63) is 58.9 Å². The molecule has 106 valence electrons. The number of hydrogen-bond acceptors (Lipinski definition) is 3. The van der Waals surface area contributed by atoms with Crippen molar-refractivity contribution < 1.29 is 22.7 Å². The Morgan fingerprint density at radius 1 is 1.15 bits per heavy atom. The molecule has 3 nitrogen and oxygen atoms in total. The number of alkyl halides is 3. The first-order valence-electron chi connectivity index (χ1n) is 5.62. The van der Waals surface area contributed by atoms with E-state index < -0.39 is 23.7 Å². The Labute approximate surface area is 111 Å². The van der Waals surface area contributed by atoms with Crippen molar-refractivity contribution in [2.45, 2.75) is 19.2 Å². The van der Waals surface area contributed by atoms with Gasteiger partial charge in [-0.2, -0.15) is 13.2 Å². The summed E-state index contributed by atoms with van der Waals surface area (Å²) in [5, 5.41) is 9.93. The summed E-state index contributed by atoms with van der Waals surface area (Å²) in [6, 6.07) is 2.22. The highest BCUT2D eigenvalue weighted by atomic mass is 19.4.